The van der Waals surface area contributed by atoms with Crippen LogP contribution in [0.15, 0.2) is 24.3 Å². The van der Waals surface area contributed by atoms with Gasteiger partial charge in [0.05, 0.1) is 11.3 Å². The number of thiocarbonyl (C=S) groups is 1. The summed E-state index contributed by atoms with van der Waals surface area (Å²) in [4.78, 5) is 36.8. The number of thioether (sulfide) groups is 1. The van der Waals surface area contributed by atoms with Gasteiger partial charge in [-0.3, -0.25) is 14.5 Å². The SMILES string of the molecule is CC(C)Cc1ccc(C(=O)OCC(=O)NCCN2C(=O)CSC2=S)cc1. The molecule has 1 fully saturated rings. The van der Waals surface area contributed by atoms with Gasteiger partial charge in [0.1, 0.15) is 4.32 Å². The first-order valence-electron chi connectivity index (χ1n) is 8.36. The molecule has 1 aromatic rings. The third-order valence-corrected chi connectivity index (χ3v) is 5.10. The number of nitrogens with one attached hydrogen (secondary N) is 1. The van der Waals surface area contributed by atoms with Crippen LogP contribution in [0.1, 0.15) is 29.8 Å². The molecule has 0 unspecified atom stereocenters. The van der Waals surface area contributed by atoms with Crippen LogP contribution in [-0.2, 0) is 20.7 Å². The van der Waals surface area contributed by atoms with E-state index < -0.39 is 11.9 Å². The smallest absolute Gasteiger partial charge is 0.338 e. The Bertz CT molecular complexity index is 673. The highest BCUT2D eigenvalue weighted by Crippen LogP contribution is 2.18. The number of amides is 2. The average molecular weight is 395 g/mol. The molecule has 8 heteroatoms. The third-order valence-electron chi connectivity index (χ3n) is 3.67. The lowest BCUT2D eigenvalue weighted by Crippen LogP contribution is -2.38. The van der Waals surface area contributed by atoms with Crippen LogP contribution in [0.4, 0.5) is 0 Å². The summed E-state index contributed by atoms with van der Waals surface area (Å²) in [5.74, 6) is -0.120. The minimum absolute atomic E-state index is 0.0541. The van der Waals surface area contributed by atoms with Crippen molar-refractivity contribution in [2.75, 3.05) is 25.4 Å². The molecule has 1 N–H and O–H groups in total. The number of benzene rings is 1. The van der Waals surface area contributed by atoms with Crippen molar-refractivity contribution in [3.05, 3.63) is 35.4 Å². The molecule has 1 aliphatic rings. The van der Waals surface area contributed by atoms with Gasteiger partial charge in [0, 0.05) is 13.1 Å². The maximum absolute atomic E-state index is 12.0. The van der Waals surface area contributed by atoms with Crippen LogP contribution < -0.4 is 5.32 Å². The normalized spacial score (nSPS) is 14.0. The zero-order chi connectivity index (χ0) is 19.1. The second-order valence-electron chi connectivity index (χ2n) is 6.32. The highest BCUT2D eigenvalue weighted by molar-refractivity contribution is 8.23. The first-order valence-corrected chi connectivity index (χ1v) is 9.76. The molecule has 0 bridgehead atoms. The lowest BCUT2D eigenvalue weighted by Gasteiger charge is -2.15. The summed E-state index contributed by atoms with van der Waals surface area (Å²) >= 11 is 6.37. The molecule has 0 radical (unpaired) electrons. The Kier molecular flexibility index (Phi) is 7.59. The van der Waals surface area contributed by atoms with E-state index in [2.05, 4.69) is 19.2 Å². The minimum Gasteiger partial charge on any atom is -0.452 e. The first kappa shape index (κ1) is 20.4. The van der Waals surface area contributed by atoms with Crippen LogP contribution >= 0.6 is 24.0 Å². The van der Waals surface area contributed by atoms with Gasteiger partial charge in [-0.05, 0) is 30.0 Å². The molecule has 1 saturated heterocycles. The van der Waals surface area contributed by atoms with Gasteiger partial charge in [-0.1, -0.05) is 50.0 Å². The van der Waals surface area contributed by atoms with Crippen molar-refractivity contribution in [3.63, 3.8) is 0 Å². The summed E-state index contributed by atoms with van der Waals surface area (Å²) in [6.07, 6.45) is 0.944. The van der Waals surface area contributed by atoms with E-state index >= 15 is 0 Å². The standard InChI is InChI=1S/C18H22N2O4S2/c1-12(2)9-13-3-5-14(6-4-13)17(23)24-10-15(21)19-7-8-20-16(22)11-26-18(20)25/h3-6,12H,7-11H2,1-2H3,(H,19,21). The van der Waals surface area contributed by atoms with Gasteiger partial charge in [0.2, 0.25) is 5.91 Å². The van der Waals surface area contributed by atoms with Crippen molar-refractivity contribution >= 4 is 46.1 Å². The second-order valence-corrected chi connectivity index (χ2v) is 7.93. The fourth-order valence-electron chi connectivity index (χ4n) is 2.42. The van der Waals surface area contributed by atoms with Crippen LogP contribution in [-0.4, -0.2) is 52.5 Å². The van der Waals surface area contributed by atoms with Crippen molar-refractivity contribution in [1.82, 2.24) is 10.2 Å². The average Bonchev–Trinajstić information content (AvgIpc) is 2.91. The van der Waals surface area contributed by atoms with Gasteiger partial charge in [-0.2, -0.15) is 0 Å². The largest absolute Gasteiger partial charge is 0.452 e. The molecule has 0 atom stereocenters. The molecule has 6 nitrogen and oxygen atoms in total. The third kappa shape index (κ3) is 6.10. The molecule has 0 aromatic heterocycles. The van der Waals surface area contributed by atoms with Gasteiger partial charge in [-0.25, -0.2) is 4.79 Å². The lowest BCUT2D eigenvalue weighted by molar-refractivity contribution is -0.126. The first-order chi connectivity index (χ1) is 12.4. The van der Waals surface area contributed by atoms with E-state index in [-0.39, 0.29) is 19.1 Å². The van der Waals surface area contributed by atoms with Gasteiger partial charge in [0.25, 0.3) is 5.91 Å². The summed E-state index contributed by atoms with van der Waals surface area (Å²) in [5.41, 5.74) is 1.57. The van der Waals surface area contributed by atoms with Gasteiger partial charge >= 0.3 is 5.97 Å². The Morgan fingerprint density at radius 3 is 2.58 bits per heavy atom. The topological polar surface area (TPSA) is 75.7 Å². The fourth-order valence-corrected chi connectivity index (χ4v) is 3.54. The number of esters is 1. The fraction of sp³-hybridized carbons (Fsp3) is 0.444. The summed E-state index contributed by atoms with van der Waals surface area (Å²) < 4.78 is 5.54. The maximum Gasteiger partial charge on any atom is 0.338 e. The van der Waals surface area contributed by atoms with Crippen LogP contribution in [0, 0.1) is 5.92 Å². The molecule has 2 amide bonds. The molecule has 0 spiro atoms. The Morgan fingerprint density at radius 1 is 1.31 bits per heavy atom. The van der Waals surface area contributed by atoms with Crippen LogP contribution in [0.25, 0.3) is 0 Å². The van der Waals surface area contributed by atoms with Crippen molar-refractivity contribution < 1.29 is 19.1 Å². The van der Waals surface area contributed by atoms with E-state index in [0.29, 0.717) is 28.1 Å². The highest BCUT2D eigenvalue weighted by Gasteiger charge is 2.25. The Hall–Kier alpha value is -1.93. The Balaban J connectivity index is 1.70. The van der Waals surface area contributed by atoms with Crippen molar-refractivity contribution in [2.24, 2.45) is 5.92 Å². The number of ether oxygens (including phenoxy) is 1. The molecule has 1 heterocycles. The molecular weight excluding hydrogens is 372 g/mol. The number of carbonyl (C=O) groups is 3. The maximum atomic E-state index is 12.0. The van der Waals surface area contributed by atoms with E-state index in [1.54, 1.807) is 12.1 Å². The lowest BCUT2D eigenvalue weighted by atomic mass is 10.0. The van der Waals surface area contributed by atoms with Crippen molar-refractivity contribution in [3.8, 4) is 0 Å². The molecule has 2 rings (SSSR count). The number of hydrogen-bond donors (Lipinski definition) is 1. The zero-order valence-corrected chi connectivity index (χ0v) is 16.5. The molecule has 26 heavy (non-hydrogen) atoms. The van der Waals surface area contributed by atoms with Crippen LogP contribution in [0.3, 0.4) is 0 Å². The van der Waals surface area contributed by atoms with Crippen LogP contribution in [0.2, 0.25) is 0 Å². The van der Waals surface area contributed by atoms with Crippen LogP contribution in [0.5, 0.6) is 0 Å². The molecule has 1 aromatic carbocycles. The van der Waals surface area contributed by atoms with E-state index in [1.165, 1.54) is 16.7 Å². The van der Waals surface area contributed by atoms with E-state index in [0.717, 1.165) is 12.0 Å². The zero-order valence-electron chi connectivity index (χ0n) is 14.8. The summed E-state index contributed by atoms with van der Waals surface area (Å²) in [5, 5.41) is 2.61. The molecule has 1 aliphatic heterocycles. The Morgan fingerprint density at radius 2 is 2.00 bits per heavy atom. The number of carbonyl (C=O) groups excluding carboxylic acids is 3. The summed E-state index contributed by atoms with van der Waals surface area (Å²) in [7, 11) is 0. The second kappa shape index (κ2) is 9.68. The monoisotopic (exact) mass is 394 g/mol. The number of nitrogens with zero attached hydrogens (tertiary/aromatic N) is 1. The quantitative estimate of drug-likeness (QED) is 0.537. The van der Waals surface area contributed by atoms with Gasteiger partial charge < -0.3 is 10.1 Å². The molecule has 0 saturated carbocycles. The van der Waals surface area contributed by atoms with Gasteiger partial charge in [0.15, 0.2) is 6.61 Å². The molecule has 0 aliphatic carbocycles. The minimum atomic E-state index is -0.538. The van der Waals surface area contributed by atoms with Gasteiger partial charge in [-0.15, -0.1) is 0 Å². The van der Waals surface area contributed by atoms with Crippen molar-refractivity contribution in [2.45, 2.75) is 20.3 Å². The van der Waals surface area contributed by atoms with Crippen molar-refractivity contribution in [1.29, 1.82) is 0 Å². The highest BCUT2D eigenvalue weighted by atomic mass is 32.2. The van der Waals surface area contributed by atoms with E-state index in [9.17, 15) is 14.4 Å². The molecule has 140 valence electrons. The predicted molar refractivity (Wildman–Crippen MR) is 105 cm³/mol. The van der Waals surface area contributed by atoms with E-state index in [4.69, 9.17) is 17.0 Å². The molecular formula is C18H22N2O4S2. The number of rotatable bonds is 8. The van der Waals surface area contributed by atoms with E-state index in [1.807, 2.05) is 12.1 Å². The summed E-state index contributed by atoms with van der Waals surface area (Å²) in [6.45, 7) is 4.48. The Labute approximate surface area is 162 Å². The number of hydrogen-bond acceptors (Lipinski definition) is 6. The predicted octanol–water partition coefficient (Wildman–Crippen LogP) is 2.02. The summed E-state index contributed by atoms with van der Waals surface area (Å²) in [6, 6.07) is 7.19.